The van der Waals surface area contributed by atoms with Crippen molar-refractivity contribution in [3.8, 4) is 0 Å². The number of likely N-dealkylation sites (tertiary alicyclic amines) is 1. The van der Waals surface area contributed by atoms with E-state index in [4.69, 9.17) is 0 Å². The van der Waals surface area contributed by atoms with Crippen molar-refractivity contribution in [2.24, 2.45) is 5.92 Å². The summed E-state index contributed by atoms with van der Waals surface area (Å²) in [6.07, 6.45) is 6.65. The lowest BCUT2D eigenvalue weighted by Crippen LogP contribution is -2.48. The van der Waals surface area contributed by atoms with Crippen LogP contribution in [0.25, 0.3) is 0 Å². The molecule has 2 saturated heterocycles. The van der Waals surface area contributed by atoms with E-state index in [0.29, 0.717) is 11.6 Å². The molecule has 0 aliphatic carbocycles. The van der Waals surface area contributed by atoms with E-state index in [1.165, 1.54) is 19.4 Å². The minimum Gasteiger partial charge on any atom is -0.335 e. The van der Waals surface area contributed by atoms with Gasteiger partial charge in [0.1, 0.15) is 5.69 Å². The number of piperidine rings is 1. The van der Waals surface area contributed by atoms with Crippen molar-refractivity contribution in [1.82, 2.24) is 24.7 Å². The molecule has 2 aliphatic heterocycles. The average Bonchev–Trinajstić information content (AvgIpc) is 2.62. The van der Waals surface area contributed by atoms with Crippen molar-refractivity contribution in [3.05, 3.63) is 23.8 Å². The van der Waals surface area contributed by atoms with E-state index in [-0.39, 0.29) is 5.91 Å². The summed E-state index contributed by atoms with van der Waals surface area (Å²) in [5.41, 5.74) is 1.44. The Labute approximate surface area is 144 Å². The maximum absolute atomic E-state index is 12.9. The SMILES string of the molecule is CCN1CCN(C(=O)c2nccnc2C[C@@H]2CCCN(C)C2)CC1. The van der Waals surface area contributed by atoms with E-state index in [0.717, 1.165) is 51.4 Å². The monoisotopic (exact) mass is 331 g/mol. The summed E-state index contributed by atoms with van der Waals surface area (Å²) in [6, 6.07) is 0. The quantitative estimate of drug-likeness (QED) is 0.828. The summed E-state index contributed by atoms with van der Waals surface area (Å²) < 4.78 is 0. The zero-order valence-electron chi connectivity index (χ0n) is 14.9. The van der Waals surface area contributed by atoms with Crippen LogP contribution < -0.4 is 0 Å². The van der Waals surface area contributed by atoms with Gasteiger partial charge in [-0.25, -0.2) is 4.98 Å². The Hall–Kier alpha value is -1.53. The molecule has 0 unspecified atom stereocenters. The fraction of sp³-hybridized carbons (Fsp3) is 0.722. The normalized spacial score (nSPS) is 23.4. The van der Waals surface area contributed by atoms with Crippen molar-refractivity contribution in [3.63, 3.8) is 0 Å². The van der Waals surface area contributed by atoms with Crippen molar-refractivity contribution >= 4 is 5.91 Å². The van der Waals surface area contributed by atoms with Crippen LogP contribution in [0, 0.1) is 5.92 Å². The van der Waals surface area contributed by atoms with Gasteiger partial charge < -0.3 is 14.7 Å². The zero-order valence-corrected chi connectivity index (χ0v) is 14.9. The highest BCUT2D eigenvalue weighted by atomic mass is 16.2. The molecule has 1 aromatic heterocycles. The van der Waals surface area contributed by atoms with Crippen molar-refractivity contribution in [2.75, 3.05) is 52.9 Å². The fourth-order valence-corrected chi connectivity index (χ4v) is 3.83. The molecule has 3 rings (SSSR count). The topological polar surface area (TPSA) is 52.6 Å². The number of amides is 1. The van der Waals surface area contributed by atoms with Crippen LogP contribution in [-0.2, 0) is 6.42 Å². The fourth-order valence-electron chi connectivity index (χ4n) is 3.83. The second-order valence-corrected chi connectivity index (χ2v) is 7.05. The third-order valence-corrected chi connectivity index (χ3v) is 5.29. The third kappa shape index (κ3) is 4.11. The molecule has 3 heterocycles. The second-order valence-electron chi connectivity index (χ2n) is 7.05. The number of nitrogens with zero attached hydrogens (tertiary/aromatic N) is 5. The Kier molecular flexibility index (Phi) is 5.79. The zero-order chi connectivity index (χ0) is 16.9. The molecule has 0 N–H and O–H groups in total. The molecule has 0 radical (unpaired) electrons. The van der Waals surface area contributed by atoms with Gasteiger partial charge in [-0.2, -0.15) is 0 Å². The Morgan fingerprint density at radius 1 is 1.17 bits per heavy atom. The van der Waals surface area contributed by atoms with E-state index >= 15 is 0 Å². The first-order valence-electron chi connectivity index (χ1n) is 9.17. The molecule has 0 bridgehead atoms. The predicted octanol–water partition coefficient (Wildman–Crippen LogP) is 1.14. The van der Waals surface area contributed by atoms with E-state index in [9.17, 15) is 4.79 Å². The van der Waals surface area contributed by atoms with Gasteiger partial charge in [0.2, 0.25) is 0 Å². The van der Waals surface area contributed by atoms with Crippen molar-refractivity contribution < 1.29 is 4.79 Å². The Morgan fingerprint density at radius 2 is 1.92 bits per heavy atom. The Morgan fingerprint density at radius 3 is 2.62 bits per heavy atom. The number of hydrogen-bond donors (Lipinski definition) is 0. The maximum Gasteiger partial charge on any atom is 0.274 e. The number of carbonyl (C=O) groups excluding carboxylic acids is 1. The van der Waals surface area contributed by atoms with Gasteiger partial charge in [0, 0.05) is 45.1 Å². The van der Waals surface area contributed by atoms with Crippen LogP contribution in [0.1, 0.15) is 35.9 Å². The lowest BCUT2D eigenvalue weighted by Gasteiger charge is -2.34. The molecule has 0 saturated carbocycles. The molecule has 1 amide bonds. The maximum atomic E-state index is 12.9. The van der Waals surface area contributed by atoms with Gasteiger partial charge >= 0.3 is 0 Å². The van der Waals surface area contributed by atoms with E-state index in [2.05, 4.69) is 33.7 Å². The highest BCUT2D eigenvalue weighted by Gasteiger charge is 2.26. The summed E-state index contributed by atoms with van der Waals surface area (Å²) in [5, 5.41) is 0. The van der Waals surface area contributed by atoms with Gasteiger partial charge in [0.05, 0.1) is 5.69 Å². The summed E-state index contributed by atoms with van der Waals surface area (Å²) in [6.45, 7) is 8.94. The summed E-state index contributed by atoms with van der Waals surface area (Å²) >= 11 is 0. The molecular formula is C18H29N5O. The largest absolute Gasteiger partial charge is 0.335 e. The van der Waals surface area contributed by atoms with Crippen molar-refractivity contribution in [2.45, 2.75) is 26.2 Å². The standard InChI is InChI=1S/C18H29N5O/c1-3-22-9-11-23(12-10-22)18(24)17-16(19-6-7-20-17)13-15-5-4-8-21(2)14-15/h6-7,15H,3-5,8-14H2,1-2H3/t15-/m0/s1. The first kappa shape index (κ1) is 17.3. The van der Waals surface area contributed by atoms with E-state index in [1.807, 2.05) is 4.90 Å². The molecule has 0 spiro atoms. The van der Waals surface area contributed by atoms with Gasteiger partial charge in [-0.05, 0) is 45.3 Å². The minimum atomic E-state index is 0.0537. The highest BCUT2D eigenvalue weighted by molar-refractivity contribution is 5.93. The van der Waals surface area contributed by atoms with Crippen LogP contribution in [0.2, 0.25) is 0 Å². The summed E-state index contributed by atoms with van der Waals surface area (Å²) in [4.78, 5) is 28.5. The van der Waals surface area contributed by atoms with Crippen LogP contribution in [0.15, 0.2) is 12.4 Å². The number of likely N-dealkylation sites (N-methyl/N-ethyl adjacent to an activating group) is 1. The molecule has 2 aliphatic rings. The van der Waals surface area contributed by atoms with E-state index < -0.39 is 0 Å². The first-order valence-corrected chi connectivity index (χ1v) is 9.17. The number of piperazine rings is 1. The first-order chi connectivity index (χ1) is 11.7. The van der Waals surface area contributed by atoms with Gasteiger partial charge in [-0.3, -0.25) is 9.78 Å². The van der Waals surface area contributed by atoms with Crippen LogP contribution in [0.4, 0.5) is 0 Å². The van der Waals surface area contributed by atoms with Crippen LogP contribution in [0.3, 0.4) is 0 Å². The lowest BCUT2D eigenvalue weighted by molar-refractivity contribution is 0.0635. The van der Waals surface area contributed by atoms with Crippen molar-refractivity contribution in [1.29, 1.82) is 0 Å². The van der Waals surface area contributed by atoms with Gasteiger partial charge in [0.15, 0.2) is 0 Å². The number of aromatic nitrogens is 2. The van der Waals surface area contributed by atoms with Crippen LogP contribution >= 0.6 is 0 Å². The highest BCUT2D eigenvalue weighted by Crippen LogP contribution is 2.21. The minimum absolute atomic E-state index is 0.0537. The van der Waals surface area contributed by atoms with Crippen LogP contribution in [0.5, 0.6) is 0 Å². The smallest absolute Gasteiger partial charge is 0.274 e. The Bertz CT molecular complexity index is 556. The Balaban J connectivity index is 1.68. The molecular weight excluding hydrogens is 302 g/mol. The molecule has 0 aromatic carbocycles. The van der Waals surface area contributed by atoms with E-state index in [1.54, 1.807) is 12.4 Å². The number of rotatable bonds is 4. The molecule has 2 fully saturated rings. The summed E-state index contributed by atoms with van der Waals surface area (Å²) in [7, 11) is 2.17. The molecule has 24 heavy (non-hydrogen) atoms. The number of carbonyl (C=O) groups is 1. The lowest BCUT2D eigenvalue weighted by atomic mass is 9.93. The average molecular weight is 331 g/mol. The van der Waals surface area contributed by atoms with Crippen LogP contribution in [-0.4, -0.2) is 83.4 Å². The third-order valence-electron chi connectivity index (χ3n) is 5.29. The number of hydrogen-bond acceptors (Lipinski definition) is 5. The molecule has 132 valence electrons. The summed E-state index contributed by atoms with van der Waals surface area (Å²) in [5.74, 6) is 0.627. The molecule has 6 heteroatoms. The molecule has 6 nitrogen and oxygen atoms in total. The molecule has 1 aromatic rings. The second kappa shape index (κ2) is 8.03. The molecule has 1 atom stereocenters. The predicted molar refractivity (Wildman–Crippen MR) is 94.0 cm³/mol. The van der Waals surface area contributed by atoms with Gasteiger partial charge in [-0.1, -0.05) is 6.92 Å². The van der Waals surface area contributed by atoms with Gasteiger partial charge in [-0.15, -0.1) is 0 Å². The van der Waals surface area contributed by atoms with Gasteiger partial charge in [0.25, 0.3) is 5.91 Å².